The zero-order valence-electron chi connectivity index (χ0n) is 9.51. The lowest BCUT2D eigenvalue weighted by molar-refractivity contribution is 0.0644. The summed E-state index contributed by atoms with van der Waals surface area (Å²) in [5, 5.41) is 7.27. The number of aromatic nitrogens is 2. The molecule has 5 nitrogen and oxygen atoms in total. The molecule has 0 radical (unpaired) electrons. The first-order valence-electron chi connectivity index (χ1n) is 5.20. The van der Waals surface area contributed by atoms with Gasteiger partial charge in [0.2, 0.25) is 0 Å². The second-order valence-corrected chi connectivity index (χ2v) is 3.89. The van der Waals surface area contributed by atoms with Gasteiger partial charge in [0.1, 0.15) is 5.69 Å². The minimum absolute atomic E-state index is 0. The van der Waals surface area contributed by atoms with Crippen molar-refractivity contribution in [2.24, 2.45) is 7.05 Å². The molecule has 1 atom stereocenters. The summed E-state index contributed by atoms with van der Waals surface area (Å²) in [6, 6.07) is 2.01. The van der Waals surface area contributed by atoms with Gasteiger partial charge in [-0.15, -0.1) is 12.4 Å². The Bertz CT molecular complexity index is 365. The molecule has 0 unspecified atom stereocenters. The number of piperazine rings is 1. The highest BCUT2D eigenvalue weighted by Crippen LogP contribution is 2.09. The fraction of sp³-hybridized carbons (Fsp3) is 0.600. The number of halogens is 1. The summed E-state index contributed by atoms with van der Waals surface area (Å²) in [6.45, 7) is 4.56. The standard InChI is InChI=1S/C10H16N4O.ClH/c1-8-7-11-5-6-14(8)10(15)9-3-4-12-13(9)2;/h3-4,8,11H,5-7H2,1-2H3;1H/t8-;/m1./s1. The average Bonchev–Trinajstić information content (AvgIpc) is 2.64. The van der Waals surface area contributed by atoms with Crippen molar-refractivity contribution in [2.45, 2.75) is 13.0 Å². The quantitative estimate of drug-likeness (QED) is 0.772. The largest absolute Gasteiger partial charge is 0.332 e. The number of hydrogen-bond acceptors (Lipinski definition) is 3. The molecule has 6 heteroatoms. The monoisotopic (exact) mass is 244 g/mol. The second kappa shape index (κ2) is 5.32. The predicted octanol–water partition coefficient (Wildman–Crippen LogP) is 0.276. The van der Waals surface area contributed by atoms with Crippen molar-refractivity contribution in [3.8, 4) is 0 Å². The highest BCUT2D eigenvalue weighted by atomic mass is 35.5. The van der Waals surface area contributed by atoms with Crippen molar-refractivity contribution >= 4 is 18.3 Å². The third kappa shape index (κ3) is 2.36. The van der Waals surface area contributed by atoms with Gasteiger partial charge in [-0.3, -0.25) is 9.48 Å². The Morgan fingerprint density at radius 2 is 2.38 bits per heavy atom. The average molecular weight is 245 g/mol. The highest BCUT2D eigenvalue weighted by molar-refractivity contribution is 5.92. The maximum atomic E-state index is 12.1. The fourth-order valence-electron chi connectivity index (χ4n) is 1.87. The topological polar surface area (TPSA) is 50.2 Å². The molecule has 0 saturated carbocycles. The van der Waals surface area contributed by atoms with Crippen LogP contribution in [0.5, 0.6) is 0 Å². The molecule has 1 aromatic rings. The normalized spacial score (nSPS) is 20.4. The van der Waals surface area contributed by atoms with E-state index in [2.05, 4.69) is 17.3 Å². The Kier molecular flexibility index (Phi) is 4.32. The maximum absolute atomic E-state index is 12.1. The zero-order chi connectivity index (χ0) is 10.8. The van der Waals surface area contributed by atoms with E-state index in [1.165, 1.54) is 0 Å². The van der Waals surface area contributed by atoms with Gasteiger partial charge >= 0.3 is 0 Å². The van der Waals surface area contributed by atoms with Crippen LogP contribution in [-0.2, 0) is 7.05 Å². The van der Waals surface area contributed by atoms with Crippen molar-refractivity contribution in [2.75, 3.05) is 19.6 Å². The summed E-state index contributed by atoms with van der Waals surface area (Å²) >= 11 is 0. The molecule has 0 spiro atoms. The Hall–Kier alpha value is -1.07. The van der Waals surface area contributed by atoms with Gasteiger partial charge < -0.3 is 10.2 Å². The lowest BCUT2D eigenvalue weighted by Crippen LogP contribution is -2.52. The van der Waals surface area contributed by atoms with Crippen LogP contribution in [0.3, 0.4) is 0 Å². The van der Waals surface area contributed by atoms with Crippen LogP contribution in [-0.4, -0.2) is 46.3 Å². The third-order valence-corrected chi connectivity index (χ3v) is 2.80. The van der Waals surface area contributed by atoms with E-state index in [9.17, 15) is 4.79 Å². The number of nitrogens with zero attached hydrogens (tertiary/aromatic N) is 3. The highest BCUT2D eigenvalue weighted by Gasteiger charge is 2.25. The van der Waals surface area contributed by atoms with Crippen molar-refractivity contribution < 1.29 is 4.79 Å². The Morgan fingerprint density at radius 1 is 1.62 bits per heavy atom. The Labute approximate surface area is 101 Å². The van der Waals surface area contributed by atoms with Crippen LogP contribution in [0.1, 0.15) is 17.4 Å². The summed E-state index contributed by atoms with van der Waals surface area (Å²) in [4.78, 5) is 14.0. The summed E-state index contributed by atoms with van der Waals surface area (Å²) in [5.41, 5.74) is 0.656. The van der Waals surface area contributed by atoms with E-state index in [4.69, 9.17) is 0 Å². The molecule has 1 N–H and O–H groups in total. The van der Waals surface area contributed by atoms with Gasteiger partial charge in [-0.1, -0.05) is 0 Å². The number of hydrogen-bond donors (Lipinski definition) is 1. The van der Waals surface area contributed by atoms with E-state index < -0.39 is 0 Å². The molecule has 1 amide bonds. The fourth-order valence-corrected chi connectivity index (χ4v) is 1.87. The van der Waals surface area contributed by atoms with Gasteiger partial charge in [-0.05, 0) is 13.0 Å². The van der Waals surface area contributed by atoms with Gasteiger partial charge in [0.25, 0.3) is 5.91 Å². The molecule has 1 aliphatic rings. The van der Waals surface area contributed by atoms with Gasteiger partial charge in [0, 0.05) is 38.9 Å². The van der Waals surface area contributed by atoms with Crippen molar-refractivity contribution in [3.05, 3.63) is 18.0 Å². The van der Waals surface area contributed by atoms with Crippen molar-refractivity contribution in [1.29, 1.82) is 0 Å². The van der Waals surface area contributed by atoms with Crippen LogP contribution in [0, 0.1) is 0 Å². The molecule has 0 aromatic carbocycles. The van der Waals surface area contributed by atoms with Crippen LogP contribution in [0.15, 0.2) is 12.3 Å². The molecule has 2 rings (SSSR count). The Morgan fingerprint density at radius 3 is 2.94 bits per heavy atom. The van der Waals surface area contributed by atoms with E-state index in [0.29, 0.717) is 5.69 Å². The van der Waals surface area contributed by atoms with Crippen LogP contribution < -0.4 is 5.32 Å². The predicted molar refractivity (Wildman–Crippen MR) is 63.8 cm³/mol. The first kappa shape index (κ1) is 13.0. The number of amides is 1. The second-order valence-electron chi connectivity index (χ2n) is 3.89. The van der Waals surface area contributed by atoms with Crippen molar-refractivity contribution in [1.82, 2.24) is 20.0 Å². The minimum atomic E-state index is 0. The number of rotatable bonds is 1. The number of nitrogens with one attached hydrogen (secondary N) is 1. The maximum Gasteiger partial charge on any atom is 0.272 e. The number of aryl methyl sites for hydroxylation is 1. The molecule has 1 aliphatic heterocycles. The molecular weight excluding hydrogens is 228 g/mol. The summed E-state index contributed by atoms with van der Waals surface area (Å²) in [5.74, 6) is 0.0731. The summed E-state index contributed by atoms with van der Waals surface area (Å²) in [7, 11) is 1.79. The number of carbonyl (C=O) groups excluding carboxylic acids is 1. The van der Waals surface area contributed by atoms with Gasteiger partial charge in [0.15, 0.2) is 0 Å². The molecule has 16 heavy (non-hydrogen) atoms. The van der Waals surface area contributed by atoms with Crippen LogP contribution >= 0.6 is 12.4 Å². The first-order valence-corrected chi connectivity index (χ1v) is 5.20. The lowest BCUT2D eigenvalue weighted by atomic mass is 10.2. The van der Waals surface area contributed by atoms with E-state index in [-0.39, 0.29) is 24.4 Å². The first-order chi connectivity index (χ1) is 7.20. The third-order valence-electron chi connectivity index (χ3n) is 2.80. The van der Waals surface area contributed by atoms with Crippen LogP contribution in [0.2, 0.25) is 0 Å². The Balaban J connectivity index is 0.00000128. The van der Waals surface area contributed by atoms with Crippen LogP contribution in [0.4, 0.5) is 0 Å². The molecule has 2 heterocycles. The van der Waals surface area contributed by atoms with E-state index in [0.717, 1.165) is 19.6 Å². The van der Waals surface area contributed by atoms with Gasteiger partial charge in [-0.2, -0.15) is 5.10 Å². The van der Waals surface area contributed by atoms with E-state index in [1.54, 1.807) is 24.0 Å². The molecule has 0 bridgehead atoms. The zero-order valence-corrected chi connectivity index (χ0v) is 10.3. The smallest absolute Gasteiger partial charge is 0.272 e. The SMILES string of the molecule is C[C@@H]1CNCCN1C(=O)c1ccnn1C.Cl. The van der Waals surface area contributed by atoms with E-state index in [1.807, 2.05) is 4.90 Å². The summed E-state index contributed by atoms with van der Waals surface area (Å²) in [6.07, 6.45) is 1.65. The molecule has 1 fully saturated rings. The molecular formula is C10H17ClN4O. The molecule has 90 valence electrons. The lowest BCUT2D eigenvalue weighted by Gasteiger charge is -2.33. The molecule has 1 saturated heterocycles. The molecule has 1 aromatic heterocycles. The minimum Gasteiger partial charge on any atom is -0.332 e. The van der Waals surface area contributed by atoms with E-state index >= 15 is 0 Å². The van der Waals surface area contributed by atoms with Crippen molar-refractivity contribution in [3.63, 3.8) is 0 Å². The van der Waals surface area contributed by atoms with Gasteiger partial charge in [0.05, 0.1) is 0 Å². The molecule has 0 aliphatic carbocycles. The number of carbonyl (C=O) groups is 1. The van der Waals surface area contributed by atoms with Crippen LogP contribution in [0.25, 0.3) is 0 Å². The summed E-state index contributed by atoms with van der Waals surface area (Å²) < 4.78 is 1.62. The van der Waals surface area contributed by atoms with Gasteiger partial charge in [-0.25, -0.2) is 0 Å².